The first kappa shape index (κ1) is 12.4. The lowest BCUT2D eigenvalue weighted by molar-refractivity contribution is 0.230. The summed E-state index contributed by atoms with van der Waals surface area (Å²) in [5.41, 5.74) is 0. The quantitative estimate of drug-likeness (QED) is 0.746. The maximum Gasteiger partial charge on any atom is 0.0195 e. The molecule has 0 aromatic carbocycles. The molecule has 2 heteroatoms. The predicted octanol–water partition coefficient (Wildman–Crippen LogP) is 2.64. The van der Waals surface area contributed by atoms with Crippen LogP contribution in [0.5, 0.6) is 0 Å². The molecule has 1 unspecified atom stereocenters. The summed E-state index contributed by atoms with van der Waals surface area (Å²) in [7, 11) is 0. The zero-order valence-electron chi connectivity index (χ0n) is 10.9. The van der Waals surface area contributed by atoms with Crippen LogP contribution in [0.4, 0.5) is 0 Å². The molecule has 0 amide bonds. The Morgan fingerprint density at radius 1 is 1.06 bits per heavy atom. The van der Waals surface area contributed by atoms with E-state index in [1.54, 1.807) is 0 Å². The molecule has 2 nitrogen and oxygen atoms in total. The second kappa shape index (κ2) is 6.61. The van der Waals surface area contributed by atoms with Gasteiger partial charge < -0.3 is 10.2 Å². The van der Waals surface area contributed by atoms with Crippen molar-refractivity contribution in [3.8, 4) is 0 Å². The zero-order chi connectivity index (χ0) is 11.2. The smallest absolute Gasteiger partial charge is 0.0195 e. The van der Waals surface area contributed by atoms with E-state index in [1.165, 1.54) is 71.1 Å². The maximum atomic E-state index is 3.72. The Kier molecular flexibility index (Phi) is 5.11. The highest BCUT2D eigenvalue weighted by molar-refractivity contribution is 4.81. The van der Waals surface area contributed by atoms with Gasteiger partial charge in [0.05, 0.1) is 0 Å². The molecule has 1 aliphatic heterocycles. The average molecular weight is 224 g/mol. The van der Waals surface area contributed by atoms with E-state index in [0.29, 0.717) is 0 Å². The van der Waals surface area contributed by atoms with Crippen molar-refractivity contribution in [3.63, 3.8) is 0 Å². The van der Waals surface area contributed by atoms with E-state index >= 15 is 0 Å². The summed E-state index contributed by atoms with van der Waals surface area (Å²) >= 11 is 0. The Morgan fingerprint density at radius 3 is 2.69 bits per heavy atom. The van der Waals surface area contributed by atoms with Crippen LogP contribution in [0, 0.1) is 5.92 Å². The second-order valence-corrected chi connectivity index (χ2v) is 5.70. The van der Waals surface area contributed by atoms with Crippen molar-refractivity contribution in [2.45, 2.75) is 57.9 Å². The summed E-state index contributed by atoms with van der Waals surface area (Å²) in [6.07, 6.45) is 9.91. The molecule has 16 heavy (non-hydrogen) atoms. The molecule has 0 bridgehead atoms. The minimum atomic E-state index is 0.771. The minimum Gasteiger partial charge on any atom is -0.313 e. The highest BCUT2D eigenvalue weighted by Crippen LogP contribution is 2.29. The highest BCUT2D eigenvalue weighted by atomic mass is 15.2. The standard InChI is InChI=1S/C14H28N2/c1-2-10-16(11-13-7-8-13)12-14-6-4-3-5-9-15-14/h13-15H,2-12H2,1H3. The van der Waals surface area contributed by atoms with Gasteiger partial charge in [-0.15, -0.1) is 0 Å². The van der Waals surface area contributed by atoms with Crippen molar-refractivity contribution in [2.75, 3.05) is 26.2 Å². The highest BCUT2D eigenvalue weighted by Gasteiger charge is 2.25. The van der Waals surface area contributed by atoms with Crippen molar-refractivity contribution in [1.82, 2.24) is 10.2 Å². The molecule has 0 radical (unpaired) electrons. The monoisotopic (exact) mass is 224 g/mol. The Bertz CT molecular complexity index is 181. The van der Waals surface area contributed by atoms with Gasteiger partial charge in [0, 0.05) is 19.1 Å². The Morgan fingerprint density at radius 2 is 1.94 bits per heavy atom. The summed E-state index contributed by atoms with van der Waals surface area (Å²) in [5, 5.41) is 3.72. The van der Waals surface area contributed by atoms with Crippen LogP contribution in [0.1, 0.15) is 51.9 Å². The molecule has 0 aromatic rings. The molecule has 1 heterocycles. The van der Waals surface area contributed by atoms with Gasteiger partial charge in [0.15, 0.2) is 0 Å². The van der Waals surface area contributed by atoms with E-state index < -0.39 is 0 Å². The van der Waals surface area contributed by atoms with Crippen LogP contribution in [-0.2, 0) is 0 Å². The molecule has 94 valence electrons. The van der Waals surface area contributed by atoms with Gasteiger partial charge in [0.2, 0.25) is 0 Å². The Hall–Kier alpha value is -0.0800. The van der Waals surface area contributed by atoms with E-state index in [-0.39, 0.29) is 0 Å². The number of rotatable bonds is 6. The van der Waals surface area contributed by atoms with E-state index in [1.807, 2.05) is 0 Å². The van der Waals surface area contributed by atoms with Crippen LogP contribution in [0.15, 0.2) is 0 Å². The van der Waals surface area contributed by atoms with Gasteiger partial charge in [-0.1, -0.05) is 19.8 Å². The average Bonchev–Trinajstić information content (AvgIpc) is 3.06. The first-order valence-corrected chi connectivity index (χ1v) is 7.34. The summed E-state index contributed by atoms with van der Waals surface area (Å²) in [6, 6.07) is 0.771. The summed E-state index contributed by atoms with van der Waals surface area (Å²) in [4.78, 5) is 2.71. The van der Waals surface area contributed by atoms with Crippen molar-refractivity contribution in [2.24, 2.45) is 5.92 Å². The van der Waals surface area contributed by atoms with Crippen LogP contribution in [0.3, 0.4) is 0 Å². The third-order valence-electron chi connectivity index (χ3n) is 3.89. The Balaban J connectivity index is 1.73. The topological polar surface area (TPSA) is 15.3 Å². The van der Waals surface area contributed by atoms with Gasteiger partial charge in [-0.3, -0.25) is 0 Å². The molecule has 1 saturated carbocycles. The molecule has 0 spiro atoms. The molecular weight excluding hydrogens is 196 g/mol. The maximum absolute atomic E-state index is 3.72. The molecule has 2 aliphatic rings. The van der Waals surface area contributed by atoms with Crippen LogP contribution >= 0.6 is 0 Å². The van der Waals surface area contributed by atoms with E-state index in [2.05, 4.69) is 17.1 Å². The SMILES string of the molecule is CCCN(CC1CC1)CC1CCCCCN1. The van der Waals surface area contributed by atoms with Crippen molar-refractivity contribution in [3.05, 3.63) is 0 Å². The molecule has 2 rings (SSSR count). The van der Waals surface area contributed by atoms with Crippen molar-refractivity contribution in [1.29, 1.82) is 0 Å². The van der Waals surface area contributed by atoms with Gasteiger partial charge in [-0.2, -0.15) is 0 Å². The largest absolute Gasteiger partial charge is 0.313 e. The predicted molar refractivity (Wildman–Crippen MR) is 69.7 cm³/mol. The minimum absolute atomic E-state index is 0.771. The van der Waals surface area contributed by atoms with Crippen LogP contribution in [-0.4, -0.2) is 37.1 Å². The molecule has 2 fully saturated rings. The van der Waals surface area contributed by atoms with Gasteiger partial charge in [0.25, 0.3) is 0 Å². The van der Waals surface area contributed by atoms with Crippen molar-refractivity contribution < 1.29 is 0 Å². The summed E-state index contributed by atoms with van der Waals surface area (Å²) in [6.45, 7) is 7.51. The van der Waals surface area contributed by atoms with Gasteiger partial charge in [0.1, 0.15) is 0 Å². The lowest BCUT2D eigenvalue weighted by atomic mass is 10.1. The molecule has 0 aromatic heterocycles. The van der Waals surface area contributed by atoms with Crippen LogP contribution in [0.25, 0.3) is 0 Å². The van der Waals surface area contributed by atoms with E-state index in [4.69, 9.17) is 0 Å². The fourth-order valence-electron chi connectivity index (χ4n) is 2.81. The second-order valence-electron chi connectivity index (χ2n) is 5.70. The van der Waals surface area contributed by atoms with Crippen LogP contribution in [0.2, 0.25) is 0 Å². The fraction of sp³-hybridized carbons (Fsp3) is 1.00. The fourth-order valence-corrected chi connectivity index (χ4v) is 2.81. The number of hydrogen-bond donors (Lipinski definition) is 1. The third kappa shape index (κ3) is 4.42. The number of nitrogens with one attached hydrogen (secondary N) is 1. The van der Waals surface area contributed by atoms with E-state index in [9.17, 15) is 0 Å². The molecule has 1 N–H and O–H groups in total. The van der Waals surface area contributed by atoms with Gasteiger partial charge in [-0.25, -0.2) is 0 Å². The molecule has 1 aliphatic carbocycles. The number of hydrogen-bond acceptors (Lipinski definition) is 2. The van der Waals surface area contributed by atoms with Crippen molar-refractivity contribution >= 4 is 0 Å². The van der Waals surface area contributed by atoms with Crippen LogP contribution < -0.4 is 5.32 Å². The normalized spacial score (nSPS) is 27.0. The summed E-state index contributed by atoms with van der Waals surface area (Å²) in [5.74, 6) is 1.04. The first-order chi connectivity index (χ1) is 7.88. The third-order valence-corrected chi connectivity index (χ3v) is 3.89. The first-order valence-electron chi connectivity index (χ1n) is 7.34. The van der Waals surface area contributed by atoms with E-state index in [0.717, 1.165) is 12.0 Å². The van der Waals surface area contributed by atoms with Gasteiger partial charge >= 0.3 is 0 Å². The molecule has 1 atom stereocenters. The molecular formula is C14H28N2. The lowest BCUT2D eigenvalue weighted by Gasteiger charge is -2.27. The lowest BCUT2D eigenvalue weighted by Crippen LogP contribution is -2.41. The molecule has 1 saturated heterocycles. The Labute approximate surface area is 101 Å². The number of nitrogens with zero attached hydrogens (tertiary/aromatic N) is 1. The zero-order valence-corrected chi connectivity index (χ0v) is 10.9. The van der Waals surface area contributed by atoms with Gasteiger partial charge in [-0.05, 0) is 51.1 Å². The summed E-state index contributed by atoms with van der Waals surface area (Å²) < 4.78 is 0.